The SMILES string of the molecule is Nc1ccc2c(C(O)(CNc3nc(-c4ccccc4)cs3)C(F)(F)F)cn(Cc3ccccc3)c2c1. The molecular formula is C27H23F3N4OS. The molecule has 5 nitrogen and oxygen atoms in total. The summed E-state index contributed by atoms with van der Waals surface area (Å²) in [6.07, 6.45) is -3.59. The molecule has 0 bridgehead atoms. The van der Waals surface area contributed by atoms with Gasteiger partial charge in [0.15, 0.2) is 5.13 Å². The summed E-state index contributed by atoms with van der Waals surface area (Å²) in [6.45, 7) is -0.470. The molecule has 0 radical (unpaired) electrons. The lowest BCUT2D eigenvalue weighted by atomic mass is 9.92. The van der Waals surface area contributed by atoms with Gasteiger partial charge in [0.05, 0.1) is 17.8 Å². The summed E-state index contributed by atoms with van der Waals surface area (Å²) in [4.78, 5) is 4.40. The molecule has 4 N–H and O–H groups in total. The smallest absolute Gasteiger partial charge is 0.399 e. The normalized spacial score (nSPS) is 13.6. The second-order valence-corrected chi connectivity index (χ2v) is 9.41. The number of hydrogen-bond acceptors (Lipinski definition) is 5. The van der Waals surface area contributed by atoms with Crippen molar-refractivity contribution in [1.29, 1.82) is 0 Å². The second kappa shape index (κ2) is 9.33. The number of aromatic nitrogens is 2. The molecule has 2 heterocycles. The van der Waals surface area contributed by atoms with Gasteiger partial charge in [0, 0.05) is 40.3 Å². The van der Waals surface area contributed by atoms with Crippen LogP contribution in [0.15, 0.2) is 90.4 Å². The zero-order chi connectivity index (χ0) is 25.3. The highest BCUT2D eigenvalue weighted by molar-refractivity contribution is 7.14. The number of nitrogens with two attached hydrogens (primary N) is 1. The minimum Gasteiger partial charge on any atom is -0.399 e. The zero-order valence-electron chi connectivity index (χ0n) is 19.0. The van der Waals surface area contributed by atoms with E-state index < -0.39 is 18.3 Å². The number of nitrogen functional groups attached to an aromatic ring is 1. The second-order valence-electron chi connectivity index (χ2n) is 8.55. The predicted octanol–water partition coefficient (Wildman–Crippen LogP) is 6.26. The highest BCUT2D eigenvalue weighted by Crippen LogP contribution is 2.43. The number of fused-ring (bicyclic) bond motifs is 1. The van der Waals surface area contributed by atoms with E-state index in [-0.39, 0.29) is 16.1 Å². The summed E-state index contributed by atoms with van der Waals surface area (Å²) in [5.74, 6) is 0. The van der Waals surface area contributed by atoms with Crippen LogP contribution in [0.2, 0.25) is 0 Å². The van der Waals surface area contributed by atoms with Crippen LogP contribution in [0.5, 0.6) is 0 Å². The Kier molecular flexibility index (Phi) is 6.19. The summed E-state index contributed by atoms with van der Waals surface area (Å²) < 4.78 is 45.1. The molecule has 0 aliphatic heterocycles. The monoisotopic (exact) mass is 508 g/mol. The van der Waals surface area contributed by atoms with Crippen LogP contribution in [0.25, 0.3) is 22.2 Å². The third-order valence-corrected chi connectivity index (χ3v) is 6.89. The fourth-order valence-corrected chi connectivity index (χ4v) is 4.92. The van der Waals surface area contributed by atoms with Gasteiger partial charge in [-0.25, -0.2) is 4.98 Å². The molecular weight excluding hydrogens is 485 g/mol. The first kappa shape index (κ1) is 23.9. The summed E-state index contributed by atoms with van der Waals surface area (Å²) in [5, 5.41) is 16.2. The Balaban J connectivity index is 1.51. The molecule has 36 heavy (non-hydrogen) atoms. The third kappa shape index (κ3) is 4.55. The van der Waals surface area contributed by atoms with Crippen molar-refractivity contribution in [2.45, 2.75) is 18.3 Å². The number of benzene rings is 3. The number of thiazole rings is 1. The lowest BCUT2D eigenvalue weighted by Gasteiger charge is -2.30. The summed E-state index contributed by atoms with van der Waals surface area (Å²) in [6, 6.07) is 23.4. The van der Waals surface area contributed by atoms with Crippen molar-refractivity contribution in [3.05, 3.63) is 102 Å². The number of aliphatic hydroxyl groups is 1. The van der Waals surface area contributed by atoms with E-state index in [9.17, 15) is 18.3 Å². The van der Waals surface area contributed by atoms with Gasteiger partial charge in [0.1, 0.15) is 0 Å². The fourth-order valence-electron chi connectivity index (χ4n) is 4.20. The molecule has 0 aliphatic carbocycles. The van der Waals surface area contributed by atoms with Gasteiger partial charge in [-0.1, -0.05) is 66.7 Å². The van der Waals surface area contributed by atoms with Crippen molar-refractivity contribution in [2.75, 3.05) is 17.6 Å². The van der Waals surface area contributed by atoms with Crippen LogP contribution in [0.4, 0.5) is 24.0 Å². The molecule has 0 spiro atoms. The van der Waals surface area contributed by atoms with E-state index in [2.05, 4.69) is 10.3 Å². The van der Waals surface area contributed by atoms with Crippen LogP contribution < -0.4 is 11.1 Å². The molecule has 0 aliphatic rings. The highest BCUT2D eigenvalue weighted by atomic mass is 32.1. The Morgan fingerprint density at radius 2 is 1.67 bits per heavy atom. The van der Waals surface area contributed by atoms with Gasteiger partial charge in [-0.15, -0.1) is 11.3 Å². The first-order valence-electron chi connectivity index (χ1n) is 11.2. The molecule has 0 amide bonds. The molecule has 1 unspecified atom stereocenters. The van der Waals surface area contributed by atoms with Crippen molar-refractivity contribution in [2.24, 2.45) is 0 Å². The maximum absolute atomic E-state index is 14.5. The quantitative estimate of drug-likeness (QED) is 0.227. The number of nitrogens with zero attached hydrogens (tertiary/aromatic N) is 2. The molecule has 5 rings (SSSR count). The van der Waals surface area contributed by atoms with Crippen molar-refractivity contribution < 1.29 is 18.3 Å². The zero-order valence-corrected chi connectivity index (χ0v) is 19.9. The summed E-state index contributed by atoms with van der Waals surface area (Å²) in [5.41, 5.74) is 5.90. The molecule has 0 saturated heterocycles. The standard InChI is InChI=1S/C27H23F3N4OS/c28-27(29,30)26(35,17-32-25-33-23(16-36-25)19-9-5-2-6-10-19)22-15-34(14-18-7-3-1-4-8-18)24-13-20(31)11-12-21(22)24/h1-13,15-16,35H,14,17,31H2,(H,32,33). The van der Waals surface area contributed by atoms with Gasteiger partial charge >= 0.3 is 6.18 Å². The Hall–Kier alpha value is -3.82. The van der Waals surface area contributed by atoms with Gasteiger partial charge in [-0.2, -0.15) is 13.2 Å². The molecule has 2 aromatic heterocycles. The van der Waals surface area contributed by atoms with E-state index in [1.165, 1.54) is 29.7 Å². The van der Waals surface area contributed by atoms with Gasteiger partial charge in [-0.05, 0) is 17.7 Å². The lowest BCUT2D eigenvalue weighted by Crippen LogP contribution is -2.47. The maximum Gasteiger partial charge on any atom is 0.423 e. The first-order valence-corrected chi connectivity index (χ1v) is 12.1. The van der Waals surface area contributed by atoms with E-state index in [4.69, 9.17) is 5.73 Å². The molecule has 1 atom stereocenters. The van der Waals surface area contributed by atoms with Gasteiger partial charge < -0.3 is 20.7 Å². The number of anilines is 2. The van der Waals surface area contributed by atoms with Crippen LogP contribution in [-0.4, -0.2) is 27.4 Å². The van der Waals surface area contributed by atoms with Crippen molar-refractivity contribution in [3.63, 3.8) is 0 Å². The first-order chi connectivity index (χ1) is 17.2. The minimum absolute atomic E-state index is 0.242. The molecule has 0 fully saturated rings. The average molecular weight is 509 g/mol. The van der Waals surface area contributed by atoms with Gasteiger partial charge in [-0.3, -0.25) is 0 Å². The van der Waals surface area contributed by atoms with E-state index in [0.29, 0.717) is 23.4 Å². The Labute approximate surface area is 209 Å². The Morgan fingerprint density at radius 3 is 2.36 bits per heavy atom. The van der Waals surface area contributed by atoms with Crippen molar-refractivity contribution >= 4 is 33.1 Å². The molecule has 5 aromatic rings. The summed E-state index contributed by atoms with van der Waals surface area (Å²) in [7, 11) is 0. The predicted molar refractivity (Wildman–Crippen MR) is 138 cm³/mol. The molecule has 0 saturated carbocycles. The van der Waals surface area contributed by atoms with Crippen LogP contribution in [0, 0.1) is 0 Å². The summed E-state index contributed by atoms with van der Waals surface area (Å²) >= 11 is 1.18. The van der Waals surface area contributed by atoms with Crippen LogP contribution in [0.3, 0.4) is 0 Å². The fraction of sp³-hybridized carbons (Fsp3) is 0.148. The average Bonchev–Trinajstić information content (AvgIpc) is 3.48. The van der Waals surface area contributed by atoms with Gasteiger partial charge in [0.25, 0.3) is 0 Å². The number of nitrogens with one attached hydrogen (secondary N) is 1. The number of hydrogen-bond donors (Lipinski definition) is 3. The van der Waals surface area contributed by atoms with E-state index >= 15 is 0 Å². The maximum atomic E-state index is 14.5. The number of rotatable bonds is 7. The Bertz CT molecular complexity index is 1480. The van der Waals surface area contributed by atoms with Crippen LogP contribution >= 0.6 is 11.3 Å². The van der Waals surface area contributed by atoms with Crippen molar-refractivity contribution in [3.8, 4) is 11.3 Å². The number of halogens is 3. The molecule has 184 valence electrons. The highest BCUT2D eigenvalue weighted by Gasteiger charge is 2.56. The largest absolute Gasteiger partial charge is 0.423 e. The number of alkyl halides is 3. The van der Waals surface area contributed by atoms with E-state index in [1.807, 2.05) is 60.7 Å². The molecule has 9 heteroatoms. The van der Waals surface area contributed by atoms with Crippen LogP contribution in [0.1, 0.15) is 11.1 Å². The van der Waals surface area contributed by atoms with Crippen molar-refractivity contribution in [1.82, 2.24) is 9.55 Å². The third-order valence-electron chi connectivity index (χ3n) is 6.09. The Morgan fingerprint density at radius 1 is 0.972 bits per heavy atom. The van der Waals surface area contributed by atoms with Crippen LogP contribution in [-0.2, 0) is 12.1 Å². The van der Waals surface area contributed by atoms with Gasteiger partial charge in [0.2, 0.25) is 5.60 Å². The topological polar surface area (TPSA) is 76.1 Å². The minimum atomic E-state index is -4.95. The van der Waals surface area contributed by atoms with E-state index in [0.717, 1.165) is 11.1 Å². The molecule has 3 aromatic carbocycles. The van der Waals surface area contributed by atoms with E-state index in [1.54, 1.807) is 16.0 Å². The lowest BCUT2D eigenvalue weighted by molar-refractivity contribution is -0.260.